The van der Waals surface area contributed by atoms with Gasteiger partial charge in [-0.3, -0.25) is 10.1 Å². The lowest BCUT2D eigenvalue weighted by Gasteiger charge is -2.23. The smallest absolute Gasteiger partial charge is 0.314 e. The Hall–Kier alpha value is -2.16. The van der Waals surface area contributed by atoms with Crippen molar-refractivity contribution in [3.05, 3.63) is 27.9 Å². The number of nitrogens with zero attached hydrogens (tertiary/aromatic N) is 4. The van der Waals surface area contributed by atoms with Crippen LogP contribution in [0.15, 0.2) is 12.3 Å². The van der Waals surface area contributed by atoms with Crippen LogP contribution in [-0.4, -0.2) is 23.0 Å². The number of nitro groups is 1. The Morgan fingerprint density at radius 3 is 2.88 bits per heavy atom. The van der Waals surface area contributed by atoms with Crippen LogP contribution in [-0.2, 0) is 0 Å². The molecule has 0 spiro atoms. The number of nitriles is 1. The summed E-state index contributed by atoms with van der Waals surface area (Å²) in [6, 6.07) is 3.53. The summed E-state index contributed by atoms with van der Waals surface area (Å²) < 4.78 is 0. The van der Waals surface area contributed by atoms with Gasteiger partial charge in [0.1, 0.15) is 0 Å². The zero-order valence-corrected chi connectivity index (χ0v) is 10.0. The van der Waals surface area contributed by atoms with Crippen molar-refractivity contribution in [1.29, 1.82) is 5.26 Å². The Kier molecular flexibility index (Phi) is 3.99. The maximum absolute atomic E-state index is 11.0. The average molecular weight is 234 g/mol. The first kappa shape index (κ1) is 12.9. The summed E-state index contributed by atoms with van der Waals surface area (Å²) in [7, 11) is 1.71. The normalized spacial score (nSPS) is 11.6. The van der Waals surface area contributed by atoms with Gasteiger partial charge in [0.25, 0.3) is 0 Å². The van der Waals surface area contributed by atoms with Crippen LogP contribution in [0.5, 0.6) is 0 Å². The van der Waals surface area contributed by atoms with Gasteiger partial charge in [-0.2, -0.15) is 5.26 Å². The molecule has 0 bridgehead atoms. The first-order valence-corrected chi connectivity index (χ1v) is 5.18. The third kappa shape index (κ3) is 2.69. The van der Waals surface area contributed by atoms with Crippen molar-refractivity contribution in [1.82, 2.24) is 4.98 Å². The molecule has 1 unspecified atom stereocenters. The molecule has 0 aliphatic heterocycles. The summed E-state index contributed by atoms with van der Waals surface area (Å²) in [5.74, 6) is 0.303. The average Bonchev–Trinajstić information content (AvgIpc) is 2.27. The highest BCUT2D eigenvalue weighted by Crippen LogP contribution is 2.29. The molecule has 0 aliphatic rings. The van der Waals surface area contributed by atoms with Crippen LogP contribution in [0, 0.1) is 28.4 Å². The molecule has 0 aliphatic carbocycles. The molecule has 90 valence electrons. The van der Waals surface area contributed by atoms with Crippen LogP contribution in [0.3, 0.4) is 0 Å². The van der Waals surface area contributed by atoms with Crippen molar-refractivity contribution in [2.75, 3.05) is 11.9 Å². The second-order valence-corrected chi connectivity index (χ2v) is 3.88. The van der Waals surface area contributed by atoms with Gasteiger partial charge in [-0.25, -0.2) is 4.98 Å². The van der Waals surface area contributed by atoms with Gasteiger partial charge in [-0.1, -0.05) is 0 Å². The van der Waals surface area contributed by atoms with E-state index >= 15 is 0 Å². The van der Waals surface area contributed by atoms with Crippen LogP contribution >= 0.6 is 0 Å². The zero-order valence-electron chi connectivity index (χ0n) is 10.0. The van der Waals surface area contributed by atoms with Crippen molar-refractivity contribution in [3.63, 3.8) is 0 Å². The fourth-order valence-electron chi connectivity index (χ4n) is 1.50. The summed E-state index contributed by atoms with van der Waals surface area (Å²) in [6.45, 7) is 3.50. The third-order valence-corrected chi connectivity index (χ3v) is 2.67. The zero-order chi connectivity index (χ0) is 13.0. The van der Waals surface area contributed by atoms with Crippen LogP contribution in [0.4, 0.5) is 11.5 Å². The van der Waals surface area contributed by atoms with Gasteiger partial charge >= 0.3 is 5.69 Å². The maximum atomic E-state index is 11.0. The lowest BCUT2D eigenvalue weighted by atomic mass is 10.2. The van der Waals surface area contributed by atoms with E-state index in [0.29, 0.717) is 17.8 Å². The SMILES string of the molecule is Cc1ccnc(N(C)C(C)CC#N)c1[N+](=O)[O-]. The second-order valence-electron chi connectivity index (χ2n) is 3.88. The van der Waals surface area contributed by atoms with E-state index in [9.17, 15) is 10.1 Å². The lowest BCUT2D eigenvalue weighted by molar-refractivity contribution is -0.384. The molecule has 0 saturated carbocycles. The fourth-order valence-corrected chi connectivity index (χ4v) is 1.50. The van der Waals surface area contributed by atoms with E-state index in [1.54, 1.807) is 24.9 Å². The maximum Gasteiger partial charge on any atom is 0.314 e. The van der Waals surface area contributed by atoms with Crippen LogP contribution in [0.1, 0.15) is 18.9 Å². The quantitative estimate of drug-likeness (QED) is 0.588. The summed E-state index contributed by atoms with van der Waals surface area (Å²) in [4.78, 5) is 16.3. The lowest BCUT2D eigenvalue weighted by Crippen LogP contribution is -2.30. The van der Waals surface area contributed by atoms with Gasteiger partial charge in [0.05, 0.1) is 17.4 Å². The molecule has 1 atom stereocenters. The largest absolute Gasteiger partial charge is 0.350 e. The van der Waals surface area contributed by atoms with Crippen LogP contribution in [0.25, 0.3) is 0 Å². The van der Waals surface area contributed by atoms with Crippen LogP contribution < -0.4 is 4.90 Å². The molecule has 17 heavy (non-hydrogen) atoms. The standard InChI is InChI=1S/C11H14N4O2/c1-8-5-7-13-11(10(8)15(16)17)14(3)9(2)4-6-12/h5,7,9H,4H2,1-3H3. The minimum Gasteiger partial charge on any atom is -0.350 e. The molecule has 0 amide bonds. The highest BCUT2D eigenvalue weighted by Gasteiger charge is 2.23. The van der Waals surface area contributed by atoms with Crippen molar-refractivity contribution in [2.45, 2.75) is 26.3 Å². The predicted molar refractivity (Wildman–Crippen MR) is 63.7 cm³/mol. The van der Waals surface area contributed by atoms with E-state index < -0.39 is 4.92 Å². The Morgan fingerprint density at radius 2 is 2.35 bits per heavy atom. The topological polar surface area (TPSA) is 83.1 Å². The van der Waals surface area contributed by atoms with E-state index in [1.165, 1.54) is 6.20 Å². The molecule has 1 rings (SSSR count). The van der Waals surface area contributed by atoms with Crippen molar-refractivity contribution >= 4 is 11.5 Å². The van der Waals surface area contributed by atoms with Gasteiger partial charge in [0, 0.05) is 24.8 Å². The number of aryl methyl sites for hydroxylation is 1. The molecule has 1 aromatic rings. The molecule has 0 fully saturated rings. The van der Waals surface area contributed by atoms with Crippen LogP contribution in [0.2, 0.25) is 0 Å². The molecule has 0 radical (unpaired) electrons. The van der Waals surface area contributed by atoms with Crippen molar-refractivity contribution in [2.24, 2.45) is 0 Å². The summed E-state index contributed by atoms with van der Waals surface area (Å²) >= 11 is 0. The monoisotopic (exact) mass is 234 g/mol. The highest BCUT2D eigenvalue weighted by atomic mass is 16.6. The van der Waals surface area contributed by atoms with E-state index in [1.807, 2.05) is 13.0 Å². The number of aromatic nitrogens is 1. The van der Waals surface area contributed by atoms with Gasteiger partial charge in [-0.15, -0.1) is 0 Å². The van der Waals surface area contributed by atoms with Gasteiger partial charge in [0.15, 0.2) is 0 Å². The number of anilines is 1. The number of hydrogen-bond donors (Lipinski definition) is 0. The molecule has 1 heterocycles. The number of pyridine rings is 1. The van der Waals surface area contributed by atoms with Gasteiger partial charge in [-0.05, 0) is 19.9 Å². The minimum atomic E-state index is -0.437. The van der Waals surface area contributed by atoms with E-state index in [-0.39, 0.29) is 11.7 Å². The predicted octanol–water partition coefficient (Wildman–Crippen LogP) is 2.04. The minimum absolute atomic E-state index is 0.000195. The first-order chi connectivity index (χ1) is 7.99. The Labute approximate surface area is 99.6 Å². The second kappa shape index (κ2) is 5.25. The highest BCUT2D eigenvalue weighted by molar-refractivity contribution is 5.61. The van der Waals surface area contributed by atoms with Crippen molar-refractivity contribution < 1.29 is 4.92 Å². The first-order valence-electron chi connectivity index (χ1n) is 5.18. The van der Waals surface area contributed by atoms with Crippen molar-refractivity contribution in [3.8, 4) is 6.07 Å². The molecular formula is C11H14N4O2. The van der Waals surface area contributed by atoms with Gasteiger partial charge in [0.2, 0.25) is 5.82 Å². The molecule has 0 aromatic carbocycles. The number of hydrogen-bond acceptors (Lipinski definition) is 5. The summed E-state index contributed by atoms with van der Waals surface area (Å²) in [5, 5.41) is 19.6. The molecule has 6 nitrogen and oxygen atoms in total. The van der Waals surface area contributed by atoms with Gasteiger partial charge < -0.3 is 4.90 Å². The Bertz CT molecular complexity index is 467. The van der Waals surface area contributed by atoms with E-state index in [4.69, 9.17) is 5.26 Å². The third-order valence-electron chi connectivity index (χ3n) is 2.67. The number of rotatable bonds is 4. The molecular weight excluding hydrogens is 220 g/mol. The Balaban J connectivity index is 3.18. The van der Waals surface area contributed by atoms with E-state index in [0.717, 1.165) is 0 Å². The summed E-state index contributed by atoms with van der Waals surface area (Å²) in [5.41, 5.74) is 0.566. The molecule has 6 heteroatoms. The molecule has 0 N–H and O–H groups in total. The Morgan fingerprint density at radius 1 is 1.71 bits per heavy atom. The fraction of sp³-hybridized carbons (Fsp3) is 0.455. The molecule has 1 aromatic heterocycles. The van der Waals surface area contributed by atoms with E-state index in [2.05, 4.69) is 4.98 Å². The molecule has 0 saturated heterocycles. The summed E-state index contributed by atoms with van der Waals surface area (Å²) in [6.07, 6.45) is 1.83.